The zero-order valence-electron chi connectivity index (χ0n) is 31.8. The predicted octanol–water partition coefficient (Wildman–Crippen LogP) is 9.18. The van der Waals surface area contributed by atoms with Gasteiger partial charge in [-0.05, 0) is 60.2 Å². The van der Waals surface area contributed by atoms with Gasteiger partial charge in [-0.25, -0.2) is 0 Å². The Morgan fingerprint density at radius 2 is 1.50 bits per heavy atom. The van der Waals surface area contributed by atoms with Crippen molar-refractivity contribution in [2.75, 3.05) is 21.3 Å². The van der Waals surface area contributed by atoms with Crippen LogP contribution in [0.25, 0.3) is 0 Å². The van der Waals surface area contributed by atoms with Crippen LogP contribution in [-0.2, 0) is 39.2 Å². The molecule has 2 saturated carbocycles. The van der Waals surface area contributed by atoms with Crippen molar-refractivity contribution in [2.24, 2.45) is 10.8 Å². The van der Waals surface area contributed by atoms with Crippen LogP contribution in [0.5, 0.6) is 0 Å². The molecule has 10 heteroatoms. The monoisotopic (exact) mass is 720 g/mol. The van der Waals surface area contributed by atoms with Gasteiger partial charge in [-0.3, -0.25) is 4.79 Å². The molecule has 0 saturated heterocycles. The van der Waals surface area contributed by atoms with Gasteiger partial charge in [0.15, 0.2) is 22.4 Å². The molecule has 270 valence electrons. The number of benzene rings is 1. The first-order valence-corrected chi connectivity index (χ1v) is 23.6. The minimum absolute atomic E-state index is 0.0387. The molecule has 6 atom stereocenters. The highest BCUT2D eigenvalue weighted by Gasteiger charge is 2.77. The topological polar surface area (TPSA) is 72.5 Å². The zero-order chi connectivity index (χ0) is 36.1. The second-order valence-electron chi connectivity index (χ2n) is 17.1. The van der Waals surface area contributed by atoms with Crippen LogP contribution in [0, 0.1) is 10.8 Å². The fraction of sp³-hybridized carbons (Fsp3) is 0.711. The summed E-state index contributed by atoms with van der Waals surface area (Å²) in [5.74, 6) is -1.51. The standard InChI is InChI=1S/C38H61ClO7Si2/c1-15-21-36-24-30(40)38(42-9,43-10)32(41-8)27(36)22-29(39)37(36)31(46-48(13,14)35(5,6)7)23-28(45-47(11,12)34(2,3)4)33(37)44-25-26-19-17-16-18-20-26/h15-20,28-29,31,33H,1,21-25H2,2-14H3/t28-,29+,31+,33-,36-,37-/m1/s1. The number of carbonyl (C=O) groups excluding carboxylic acids is 1. The number of halogens is 1. The van der Waals surface area contributed by atoms with E-state index in [0.717, 1.165) is 11.1 Å². The largest absolute Gasteiger partial charge is 0.495 e. The fourth-order valence-corrected chi connectivity index (χ4v) is 11.4. The lowest BCUT2D eigenvalue weighted by molar-refractivity contribution is -0.215. The van der Waals surface area contributed by atoms with Crippen molar-refractivity contribution in [1.82, 2.24) is 0 Å². The quantitative estimate of drug-likeness (QED) is 0.0923. The molecule has 48 heavy (non-hydrogen) atoms. The van der Waals surface area contributed by atoms with Crippen LogP contribution in [0.2, 0.25) is 36.3 Å². The summed E-state index contributed by atoms with van der Waals surface area (Å²) in [7, 11) is -0.174. The highest BCUT2D eigenvalue weighted by Crippen LogP contribution is 2.73. The molecular weight excluding hydrogens is 660 g/mol. The van der Waals surface area contributed by atoms with E-state index in [9.17, 15) is 4.79 Å². The third-order valence-electron chi connectivity index (χ3n) is 12.5. The summed E-state index contributed by atoms with van der Waals surface area (Å²) in [5, 5.41) is -0.583. The molecule has 1 aromatic carbocycles. The van der Waals surface area contributed by atoms with Gasteiger partial charge in [0.05, 0.1) is 37.4 Å². The molecule has 0 radical (unpaired) electrons. The van der Waals surface area contributed by atoms with Crippen molar-refractivity contribution in [2.45, 2.75) is 140 Å². The summed E-state index contributed by atoms with van der Waals surface area (Å²) in [6, 6.07) is 10.2. The third kappa shape index (κ3) is 6.16. The number of alkyl halides is 1. The Morgan fingerprint density at radius 3 is 2.00 bits per heavy atom. The molecule has 0 unspecified atom stereocenters. The lowest BCUT2D eigenvalue weighted by Gasteiger charge is -2.56. The van der Waals surface area contributed by atoms with E-state index in [1.54, 1.807) is 7.11 Å². The molecule has 0 aliphatic heterocycles. The van der Waals surface area contributed by atoms with Gasteiger partial charge in [0.1, 0.15) is 0 Å². The minimum Gasteiger partial charge on any atom is -0.495 e. The molecule has 0 bridgehead atoms. The highest BCUT2D eigenvalue weighted by molar-refractivity contribution is 6.74. The Hall–Kier alpha value is -1.31. The van der Waals surface area contributed by atoms with Gasteiger partial charge in [-0.2, -0.15) is 0 Å². The predicted molar refractivity (Wildman–Crippen MR) is 198 cm³/mol. The third-order valence-corrected chi connectivity index (χ3v) is 22.0. The van der Waals surface area contributed by atoms with Crippen molar-refractivity contribution in [3.63, 3.8) is 0 Å². The van der Waals surface area contributed by atoms with Crippen LogP contribution in [0.1, 0.15) is 72.8 Å². The summed E-state index contributed by atoms with van der Waals surface area (Å²) in [4.78, 5) is 14.6. The Labute approximate surface area is 297 Å². The molecule has 1 aromatic rings. The first-order chi connectivity index (χ1) is 22.2. The van der Waals surface area contributed by atoms with Gasteiger partial charge in [-0.1, -0.05) is 78.0 Å². The summed E-state index contributed by atoms with van der Waals surface area (Å²) < 4.78 is 40.0. The Balaban J connectivity index is 2.07. The van der Waals surface area contributed by atoms with E-state index in [0.29, 0.717) is 31.6 Å². The number of Topliss-reactive ketones (excluding diaryl/α,β-unsaturated/α-hetero) is 1. The summed E-state index contributed by atoms with van der Waals surface area (Å²) in [5.41, 5.74) is 0.255. The van der Waals surface area contributed by atoms with E-state index >= 15 is 0 Å². The van der Waals surface area contributed by atoms with Crippen LogP contribution < -0.4 is 0 Å². The molecular formula is C38H61ClO7Si2. The molecule has 1 spiro atoms. The average Bonchev–Trinajstić information content (AvgIpc) is 3.41. The maximum atomic E-state index is 14.6. The molecule has 0 heterocycles. The lowest BCUT2D eigenvalue weighted by atomic mass is 9.54. The molecule has 0 N–H and O–H groups in total. The van der Waals surface area contributed by atoms with Crippen molar-refractivity contribution >= 4 is 34.0 Å². The zero-order valence-corrected chi connectivity index (χ0v) is 34.5. The van der Waals surface area contributed by atoms with E-state index < -0.39 is 44.7 Å². The molecule has 4 rings (SSSR count). The Kier molecular flexibility index (Phi) is 11.2. The van der Waals surface area contributed by atoms with Crippen LogP contribution >= 0.6 is 11.6 Å². The smallest absolute Gasteiger partial charge is 0.288 e. The summed E-state index contributed by atoms with van der Waals surface area (Å²) >= 11 is 7.86. The molecule has 0 amide bonds. The van der Waals surface area contributed by atoms with E-state index in [1.807, 2.05) is 24.3 Å². The SMILES string of the molecule is C=CC[C@@]12CC(=O)C(OC)(OC)C(OC)=C1C[C@H](Cl)[C@]21[C@@H](O[Si](C)(C)C(C)(C)C)C[C@@H](O[Si](C)(C)C(C)(C)C)[C@H]1OCc1ccccc1. The van der Waals surface area contributed by atoms with Crippen LogP contribution in [-0.4, -0.2) is 73.2 Å². The van der Waals surface area contributed by atoms with Gasteiger partial charge in [0.25, 0.3) is 5.79 Å². The van der Waals surface area contributed by atoms with Gasteiger partial charge in [0.2, 0.25) is 5.78 Å². The number of methoxy groups -OCH3 is 3. The van der Waals surface area contributed by atoms with Gasteiger partial charge in [0, 0.05) is 37.9 Å². The molecule has 3 aliphatic rings. The summed E-state index contributed by atoms with van der Waals surface area (Å²) in [6.07, 6.45) is 2.38. The van der Waals surface area contributed by atoms with Crippen molar-refractivity contribution in [3.05, 3.63) is 59.9 Å². The fourth-order valence-electron chi connectivity index (χ4n) is 8.09. The van der Waals surface area contributed by atoms with Gasteiger partial charge in [-0.15, -0.1) is 18.2 Å². The second-order valence-corrected chi connectivity index (χ2v) is 27.1. The number of rotatable bonds is 12. The molecule has 2 fully saturated rings. The van der Waals surface area contributed by atoms with Crippen molar-refractivity contribution in [3.8, 4) is 0 Å². The maximum Gasteiger partial charge on any atom is 0.288 e. The first-order valence-electron chi connectivity index (χ1n) is 17.3. The Bertz CT molecular complexity index is 1360. The summed E-state index contributed by atoms with van der Waals surface area (Å²) in [6.45, 7) is 27.3. The van der Waals surface area contributed by atoms with E-state index in [4.69, 9.17) is 39.4 Å². The van der Waals surface area contributed by atoms with Crippen molar-refractivity contribution < 1.29 is 32.6 Å². The lowest BCUT2D eigenvalue weighted by Crippen LogP contribution is -2.63. The molecule has 3 aliphatic carbocycles. The number of hydrogen-bond acceptors (Lipinski definition) is 7. The first kappa shape index (κ1) is 39.5. The average molecular weight is 722 g/mol. The van der Waals surface area contributed by atoms with Crippen molar-refractivity contribution in [1.29, 1.82) is 0 Å². The van der Waals surface area contributed by atoms with Gasteiger partial charge < -0.3 is 27.8 Å². The van der Waals surface area contributed by atoms with Crippen LogP contribution in [0.15, 0.2) is 54.3 Å². The number of fused-ring (bicyclic) bond motifs is 2. The van der Waals surface area contributed by atoms with Crippen LogP contribution in [0.4, 0.5) is 0 Å². The minimum atomic E-state index is -2.40. The van der Waals surface area contributed by atoms with Crippen LogP contribution in [0.3, 0.4) is 0 Å². The maximum absolute atomic E-state index is 14.6. The van der Waals surface area contributed by atoms with E-state index in [2.05, 4.69) is 86.4 Å². The highest BCUT2D eigenvalue weighted by atomic mass is 35.5. The van der Waals surface area contributed by atoms with E-state index in [-0.39, 0.29) is 34.5 Å². The Morgan fingerprint density at radius 1 is 0.938 bits per heavy atom. The second kappa shape index (κ2) is 13.7. The normalized spacial score (nSPS) is 31.0. The number of hydrogen-bond donors (Lipinski definition) is 0. The number of ether oxygens (including phenoxy) is 4. The molecule has 7 nitrogen and oxygen atoms in total. The number of carbonyl (C=O) groups is 1. The number of ketones is 1. The van der Waals surface area contributed by atoms with E-state index in [1.165, 1.54) is 14.2 Å². The van der Waals surface area contributed by atoms with Gasteiger partial charge >= 0.3 is 0 Å². The molecule has 0 aromatic heterocycles. The number of allylic oxidation sites excluding steroid dienone is 2.